The van der Waals surface area contributed by atoms with Crippen molar-refractivity contribution >= 4 is 0 Å². The second kappa shape index (κ2) is 6.43. The molecule has 0 aliphatic carbocycles. The van der Waals surface area contributed by atoms with Crippen LogP contribution in [0.2, 0.25) is 0 Å². The Labute approximate surface area is 93.4 Å². The Balaban J connectivity index is 2.26. The predicted molar refractivity (Wildman–Crippen MR) is 63.0 cm³/mol. The molecule has 4 heteroatoms. The van der Waals surface area contributed by atoms with Crippen LogP contribution < -0.4 is 5.73 Å². The molecule has 0 aromatic heterocycles. The van der Waals surface area contributed by atoms with Crippen molar-refractivity contribution < 1.29 is 4.74 Å². The Morgan fingerprint density at radius 2 is 2.20 bits per heavy atom. The van der Waals surface area contributed by atoms with Gasteiger partial charge in [-0.3, -0.25) is 4.90 Å². The molecular formula is C11H25N3O. The summed E-state index contributed by atoms with van der Waals surface area (Å²) >= 11 is 0. The summed E-state index contributed by atoms with van der Waals surface area (Å²) in [5, 5.41) is 0. The number of methoxy groups -OCH3 is 1. The van der Waals surface area contributed by atoms with Crippen molar-refractivity contribution in [3.05, 3.63) is 0 Å². The van der Waals surface area contributed by atoms with Gasteiger partial charge < -0.3 is 15.4 Å². The molecule has 0 radical (unpaired) electrons. The van der Waals surface area contributed by atoms with Crippen molar-refractivity contribution in [3.63, 3.8) is 0 Å². The Morgan fingerprint density at radius 3 is 2.73 bits per heavy atom. The molecule has 0 saturated carbocycles. The summed E-state index contributed by atoms with van der Waals surface area (Å²) < 4.78 is 5.28. The normalized spacial score (nSPS) is 26.8. The average Bonchev–Trinajstić information content (AvgIpc) is 2.22. The topological polar surface area (TPSA) is 41.7 Å². The van der Waals surface area contributed by atoms with Crippen molar-refractivity contribution in [2.45, 2.75) is 25.5 Å². The van der Waals surface area contributed by atoms with E-state index in [4.69, 9.17) is 10.5 Å². The summed E-state index contributed by atoms with van der Waals surface area (Å²) in [6.45, 7) is 7.52. The third-order valence-corrected chi connectivity index (χ3v) is 3.30. The maximum atomic E-state index is 5.60. The van der Waals surface area contributed by atoms with E-state index in [1.165, 1.54) is 19.6 Å². The molecule has 1 heterocycles. The fraction of sp³-hybridized carbons (Fsp3) is 1.00. The smallest absolute Gasteiger partial charge is 0.0705 e. The molecule has 1 saturated heterocycles. The van der Waals surface area contributed by atoms with Crippen LogP contribution >= 0.6 is 0 Å². The standard InChI is InChI=1S/C11H25N3O/c1-10-9-13(2)6-7-14(10)5-4-11(8-12)15-3/h10-11H,4-9,12H2,1-3H3. The number of piperazine rings is 1. The minimum absolute atomic E-state index is 0.219. The van der Waals surface area contributed by atoms with Gasteiger partial charge in [-0.05, 0) is 20.4 Å². The fourth-order valence-corrected chi connectivity index (χ4v) is 2.15. The van der Waals surface area contributed by atoms with E-state index in [0.29, 0.717) is 12.6 Å². The first-order valence-electron chi connectivity index (χ1n) is 5.82. The van der Waals surface area contributed by atoms with Crippen molar-refractivity contribution in [1.29, 1.82) is 0 Å². The van der Waals surface area contributed by atoms with Crippen molar-refractivity contribution in [2.24, 2.45) is 5.73 Å². The number of rotatable bonds is 5. The largest absolute Gasteiger partial charge is 0.380 e. The number of hydrogen-bond acceptors (Lipinski definition) is 4. The minimum atomic E-state index is 0.219. The molecule has 2 atom stereocenters. The molecule has 1 rings (SSSR count). The van der Waals surface area contributed by atoms with E-state index in [-0.39, 0.29) is 6.10 Å². The number of hydrogen-bond donors (Lipinski definition) is 1. The number of nitrogens with two attached hydrogens (primary N) is 1. The van der Waals surface area contributed by atoms with Crippen LogP contribution in [0.4, 0.5) is 0 Å². The summed E-state index contributed by atoms with van der Waals surface area (Å²) in [7, 11) is 3.93. The highest BCUT2D eigenvalue weighted by molar-refractivity contribution is 4.78. The third kappa shape index (κ3) is 4.07. The lowest BCUT2D eigenvalue weighted by molar-refractivity contribution is 0.0597. The van der Waals surface area contributed by atoms with E-state index in [1.807, 2.05) is 0 Å². The van der Waals surface area contributed by atoms with Gasteiger partial charge in [-0.15, -0.1) is 0 Å². The van der Waals surface area contributed by atoms with Crippen LogP contribution in [0.3, 0.4) is 0 Å². The molecule has 90 valence electrons. The number of likely N-dealkylation sites (N-methyl/N-ethyl adjacent to an activating group) is 1. The quantitative estimate of drug-likeness (QED) is 0.700. The Bertz CT molecular complexity index is 173. The van der Waals surface area contributed by atoms with Gasteiger partial charge in [0, 0.05) is 45.9 Å². The van der Waals surface area contributed by atoms with Crippen LogP contribution in [0.1, 0.15) is 13.3 Å². The van der Waals surface area contributed by atoms with Gasteiger partial charge in [0.2, 0.25) is 0 Å². The molecule has 2 N–H and O–H groups in total. The van der Waals surface area contributed by atoms with Crippen LogP contribution in [-0.4, -0.2) is 68.8 Å². The first-order valence-corrected chi connectivity index (χ1v) is 5.82. The van der Waals surface area contributed by atoms with E-state index < -0.39 is 0 Å². The lowest BCUT2D eigenvalue weighted by atomic mass is 10.1. The lowest BCUT2D eigenvalue weighted by Gasteiger charge is -2.38. The zero-order valence-corrected chi connectivity index (χ0v) is 10.3. The number of nitrogens with zero attached hydrogens (tertiary/aromatic N) is 2. The fourth-order valence-electron chi connectivity index (χ4n) is 2.15. The number of ether oxygens (including phenoxy) is 1. The molecular weight excluding hydrogens is 190 g/mol. The Morgan fingerprint density at radius 1 is 1.47 bits per heavy atom. The third-order valence-electron chi connectivity index (χ3n) is 3.30. The molecule has 0 aromatic carbocycles. The van der Waals surface area contributed by atoms with Crippen molar-refractivity contribution in [2.75, 3.05) is 46.9 Å². The SMILES string of the molecule is COC(CN)CCN1CCN(C)CC1C. The molecule has 0 spiro atoms. The van der Waals surface area contributed by atoms with Gasteiger partial charge in [0.1, 0.15) is 0 Å². The molecule has 2 unspecified atom stereocenters. The lowest BCUT2D eigenvalue weighted by Crippen LogP contribution is -2.51. The zero-order valence-electron chi connectivity index (χ0n) is 10.3. The van der Waals surface area contributed by atoms with Crippen molar-refractivity contribution in [1.82, 2.24) is 9.80 Å². The molecule has 1 fully saturated rings. The summed E-state index contributed by atoms with van der Waals surface area (Å²) in [5.41, 5.74) is 5.60. The highest BCUT2D eigenvalue weighted by Gasteiger charge is 2.21. The van der Waals surface area contributed by atoms with Gasteiger partial charge in [-0.2, -0.15) is 0 Å². The summed E-state index contributed by atoms with van der Waals surface area (Å²) in [6.07, 6.45) is 1.26. The maximum Gasteiger partial charge on any atom is 0.0705 e. The summed E-state index contributed by atoms with van der Waals surface area (Å²) in [5.74, 6) is 0. The first-order chi connectivity index (χ1) is 7.17. The van der Waals surface area contributed by atoms with Crippen LogP contribution in [0.5, 0.6) is 0 Å². The van der Waals surface area contributed by atoms with Crippen LogP contribution in [-0.2, 0) is 4.74 Å². The van der Waals surface area contributed by atoms with Crippen LogP contribution in [0.25, 0.3) is 0 Å². The second-order valence-corrected chi connectivity index (χ2v) is 4.53. The van der Waals surface area contributed by atoms with E-state index in [2.05, 4.69) is 23.8 Å². The van der Waals surface area contributed by atoms with Gasteiger partial charge in [0.15, 0.2) is 0 Å². The monoisotopic (exact) mass is 215 g/mol. The molecule has 1 aliphatic rings. The Hall–Kier alpha value is -0.160. The predicted octanol–water partition coefficient (Wildman–Crippen LogP) is -0.0139. The van der Waals surface area contributed by atoms with Gasteiger partial charge in [-0.25, -0.2) is 0 Å². The van der Waals surface area contributed by atoms with E-state index in [1.54, 1.807) is 7.11 Å². The van der Waals surface area contributed by atoms with E-state index >= 15 is 0 Å². The zero-order chi connectivity index (χ0) is 11.3. The summed E-state index contributed by atoms with van der Waals surface area (Å²) in [6, 6.07) is 0.652. The van der Waals surface area contributed by atoms with E-state index in [0.717, 1.165) is 13.0 Å². The molecule has 0 bridgehead atoms. The molecule has 4 nitrogen and oxygen atoms in total. The van der Waals surface area contributed by atoms with Crippen LogP contribution in [0, 0.1) is 0 Å². The van der Waals surface area contributed by atoms with Gasteiger partial charge in [-0.1, -0.05) is 0 Å². The molecule has 0 aromatic rings. The van der Waals surface area contributed by atoms with Gasteiger partial charge in [0.25, 0.3) is 0 Å². The van der Waals surface area contributed by atoms with Crippen LogP contribution in [0.15, 0.2) is 0 Å². The van der Waals surface area contributed by atoms with Gasteiger partial charge >= 0.3 is 0 Å². The Kier molecular flexibility index (Phi) is 5.53. The second-order valence-electron chi connectivity index (χ2n) is 4.53. The first kappa shape index (κ1) is 12.9. The van der Waals surface area contributed by atoms with Crippen molar-refractivity contribution in [3.8, 4) is 0 Å². The summed E-state index contributed by atoms with van der Waals surface area (Å²) in [4.78, 5) is 4.92. The molecule has 1 aliphatic heterocycles. The van der Waals surface area contributed by atoms with Gasteiger partial charge in [0.05, 0.1) is 6.10 Å². The molecule has 0 amide bonds. The minimum Gasteiger partial charge on any atom is -0.380 e. The van der Waals surface area contributed by atoms with E-state index in [9.17, 15) is 0 Å². The average molecular weight is 215 g/mol. The highest BCUT2D eigenvalue weighted by Crippen LogP contribution is 2.09. The highest BCUT2D eigenvalue weighted by atomic mass is 16.5. The molecule has 15 heavy (non-hydrogen) atoms. The maximum absolute atomic E-state index is 5.60.